The Morgan fingerprint density at radius 3 is 2.76 bits per heavy atom. The molecule has 0 bridgehead atoms. The summed E-state index contributed by atoms with van der Waals surface area (Å²) in [5.41, 5.74) is 1.66. The van der Waals surface area contributed by atoms with Gasteiger partial charge in [0.25, 0.3) is 0 Å². The Hall–Kier alpha value is -2.55. The molecule has 0 saturated carbocycles. The second-order valence-corrected chi connectivity index (χ2v) is 5.21. The van der Waals surface area contributed by atoms with Gasteiger partial charge in [0.05, 0.1) is 17.2 Å². The van der Waals surface area contributed by atoms with E-state index in [-0.39, 0.29) is 12.1 Å². The molecule has 1 saturated heterocycles. The van der Waals surface area contributed by atoms with E-state index in [9.17, 15) is 9.59 Å². The number of nitrogens with zero attached hydrogens (tertiary/aromatic N) is 2. The molecule has 6 heteroatoms. The summed E-state index contributed by atoms with van der Waals surface area (Å²) in [5, 5.41) is 20.9. The fourth-order valence-corrected chi connectivity index (χ4v) is 2.66. The number of aliphatic carboxylic acids is 1. The number of rotatable bonds is 2. The molecule has 21 heavy (non-hydrogen) atoms. The second-order valence-electron chi connectivity index (χ2n) is 5.21. The van der Waals surface area contributed by atoms with Crippen LogP contribution in [0.25, 0.3) is 0 Å². The van der Waals surface area contributed by atoms with E-state index in [1.165, 1.54) is 4.90 Å². The van der Waals surface area contributed by atoms with Crippen molar-refractivity contribution in [1.29, 1.82) is 5.26 Å². The van der Waals surface area contributed by atoms with Crippen molar-refractivity contribution in [1.82, 2.24) is 4.90 Å². The maximum atomic E-state index is 12.3. The molecule has 1 heterocycles. The van der Waals surface area contributed by atoms with Gasteiger partial charge in [0, 0.05) is 12.6 Å². The highest BCUT2D eigenvalue weighted by Crippen LogP contribution is 2.26. The molecule has 1 aromatic rings. The number of anilines is 1. The topological polar surface area (TPSA) is 93.4 Å². The molecule has 110 valence electrons. The number of benzene rings is 1. The van der Waals surface area contributed by atoms with E-state index in [0.29, 0.717) is 24.2 Å². The molecule has 0 aliphatic carbocycles. The Morgan fingerprint density at radius 1 is 1.48 bits per heavy atom. The lowest BCUT2D eigenvalue weighted by Crippen LogP contribution is -2.40. The molecule has 1 aliphatic rings. The molecule has 6 nitrogen and oxygen atoms in total. The normalized spacial score (nSPS) is 20.9. The van der Waals surface area contributed by atoms with Gasteiger partial charge in [0.2, 0.25) is 0 Å². The van der Waals surface area contributed by atoms with E-state index in [2.05, 4.69) is 11.4 Å². The van der Waals surface area contributed by atoms with Gasteiger partial charge in [-0.3, -0.25) is 4.79 Å². The smallest absolute Gasteiger partial charge is 0.322 e. The van der Waals surface area contributed by atoms with Crippen LogP contribution in [-0.4, -0.2) is 34.6 Å². The van der Waals surface area contributed by atoms with E-state index < -0.39 is 11.9 Å². The third-order valence-corrected chi connectivity index (χ3v) is 3.96. The predicted octanol–water partition coefficient (Wildman–Crippen LogP) is 2.19. The van der Waals surface area contributed by atoms with Gasteiger partial charge in [0.15, 0.2) is 0 Å². The van der Waals surface area contributed by atoms with Crippen LogP contribution in [0.3, 0.4) is 0 Å². The first-order valence-electron chi connectivity index (χ1n) is 6.76. The zero-order valence-corrected chi connectivity index (χ0v) is 12.0. The molecule has 0 aromatic heterocycles. The summed E-state index contributed by atoms with van der Waals surface area (Å²) in [6.07, 6.45) is 0.447. The maximum Gasteiger partial charge on any atom is 0.322 e. The lowest BCUT2D eigenvalue weighted by atomic mass is 10.0. The number of carbonyl (C=O) groups excluding carboxylic acids is 1. The molecule has 0 spiro atoms. The summed E-state index contributed by atoms with van der Waals surface area (Å²) in [5.74, 6) is -1.42. The van der Waals surface area contributed by atoms with Crippen LogP contribution in [-0.2, 0) is 4.79 Å². The van der Waals surface area contributed by atoms with E-state index in [1.54, 1.807) is 32.0 Å². The summed E-state index contributed by atoms with van der Waals surface area (Å²) in [6, 6.07) is 6.57. The summed E-state index contributed by atoms with van der Waals surface area (Å²) in [6.45, 7) is 3.93. The number of nitriles is 1. The quantitative estimate of drug-likeness (QED) is 0.872. The van der Waals surface area contributed by atoms with E-state index in [1.807, 2.05) is 0 Å². The van der Waals surface area contributed by atoms with Crippen LogP contribution in [0.15, 0.2) is 18.2 Å². The fraction of sp³-hybridized carbons (Fsp3) is 0.400. The molecule has 2 atom stereocenters. The molecule has 1 fully saturated rings. The van der Waals surface area contributed by atoms with Gasteiger partial charge in [-0.05, 0) is 31.9 Å². The number of carboxylic acid groups (broad SMARTS) is 1. The number of likely N-dealkylation sites (tertiary alicyclic amines) is 1. The molecule has 2 rings (SSSR count). The van der Waals surface area contributed by atoms with Gasteiger partial charge in [-0.15, -0.1) is 0 Å². The Bertz CT molecular complexity index is 621. The average molecular weight is 287 g/mol. The van der Waals surface area contributed by atoms with Gasteiger partial charge in [-0.1, -0.05) is 12.1 Å². The minimum Gasteiger partial charge on any atom is -0.481 e. The van der Waals surface area contributed by atoms with Crippen molar-refractivity contribution in [3.05, 3.63) is 29.3 Å². The fourth-order valence-electron chi connectivity index (χ4n) is 2.66. The molecule has 0 radical (unpaired) electrons. The molecule has 2 unspecified atom stereocenters. The largest absolute Gasteiger partial charge is 0.481 e. The average Bonchev–Trinajstić information content (AvgIpc) is 2.81. The van der Waals surface area contributed by atoms with Gasteiger partial charge in [-0.2, -0.15) is 5.26 Å². The Balaban J connectivity index is 2.15. The van der Waals surface area contributed by atoms with Gasteiger partial charge < -0.3 is 15.3 Å². The second kappa shape index (κ2) is 5.83. The number of aryl methyl sites for hydroxylation is 1. The molecule has 2 amide bonds. The Kier molecular flexibility index (Phi) is 4.13. The first-order valence-corrected chi connectivity index (χ1v) is 6.76. The highest BCUT2D eigenvalue weighted by Gasteiger charge is 2.38. The van der Waals surface area contributed by atoms with Gasteiger partial charge in [-0.25, -0.2) is 4.79 Å². The van der Waals surface area contributed by atoms with Crippen molar-refractivity contribution in [2.75, 3.05) is 11.9 Å². The number of carbonyl (C=O) groups is 2. The highest BCUT2D eigenvalue weighted by atomic mass is 16.4. The summed E-state index contributed by atoms with van der Waals surface area (Å²) in [4.78, 5) is 24.9. The van der Waals surface area contributed by atoms with E-state index in [0.717, 1.165) is 5.56 Å². The van der Waals surface area contributed by atoms with Crippen LogP contribution in [0, 0.1) is 24.2 Å². The Morgan fingerprint density at radius 2 is 2.19 bits per heavy atom. The van der Waals surface area contributed by atoms with Crippen molar-refractivity contribution in [3.63, 3.8) is 0 Å². The maximum absolute atomic E-state index is 12.3. The number of nitrogens with one attached hydrogen (secondary N) is 1. The number of hydrogen-bond acceptors (Lipinski definition) is 3. The van der Waals surface area contributed by atoms with Crippen LogP contribution in [0.1, 0.15) is 24.5 Å². The zero-order chi connectivity index (χ0) is 15.6. The molecule has 1 aromatic carbocycles. The lowest BCUT2D eigenvalue weighted by molar-refractivity contribution is -0.142. The number of amides is 2. The summed E-state index contributed by atoms with van der Waals surface area (Å²) < 4.78 is 0. The third kappa shape index (κ3) is 2.82. The van der Waals surface area contributed by atoms with Crippen LogP contribution in [0.2, 0.25) is 0 Å². The minimum atomic E-state index is -0.883. The van der Waals surface area contributed by atoms with Gasteiger partial charge in [0.1, 0.15) is 6.07 Å². The number of urea groups is 1. The van der Waals surface area contributed by atoms with Crippen molar-refractivity contribution < 1.29 is 14.7 Å². The summed E-state index contributed by atoms with van der Waals surface area (Å²) >= 11 is 0. The van der Waals surface area contributed by atoms with Crippen LogP contribution < -0.4 is 5.32 Å². The standard InChI is InChI=1S/C15H17N3O3/c1-9-4-3-5-13(12(9)8-16)17-15(21)18-7-6-11(10(18)2)14(19)20/h3-5,10-11H,6-7H2,1-2H3,(H,17,21)(H,19,20). The first kappa shape index (κ1) is 14.9. The number of carboxylic acids is 1. The van der Waals surface area contributed by atoms with Crippen LogP contribution in [0.4, 0.5) is 10.5 Å². The zero-order valence-electron chi connectivity index (χ0n) is 12.0. The van der Waals surface area contributed by atoms with Crippen molar-refractivity contribution in [2.45, 2.75) is 26.3 Å². The van der Waals surface area contributed by atoms with Crippen molar-refractivity contribution in [2.24, 2.45) is 5.92 Å². The monoisotopic (exact) mass is 287 g/mol. The number of hydrogen-bond donors (Lipinski definition) is 2. The third-order valence-electron chi connectivity index (χ3n) is 3.96. The van der Waals surface area contributed by atoms with E-state index in [4.69, 9.17) is 10.4 Å². The predicted molar refractivity (Wildman–Crippen MR) is 76.8 cm³/mol. The molecule has 1 aliphatic heterocycles. The summed E-state index contributed by atoms with van der Waals surface area (Å²) in [7, 11) is 0. The Labute approximate surface area is 123 Å². The molecular weight excluding hydrogens is 270 g/mol. The lowest BCUT2D eigenvalue weighted by Gasteiger charge is -2.24. The van der Waals surface area contributed by atoms with Crippen molar-refractivity contribution >= 4 is 17.7 Å². The first-order chi connectivity index (χ1) is 9.95. The molecule has 2 N–H and O–H groups in total. The SMILES string of the molecule is Cc1cccc(NC(=O)N2CCC(C(=O)O)C2C)c1C#N. The van der Waals surface area contributed by atoms with Crippen LogP contribution in [0.5, 0.6) is 0 Å². The van der Waals surface area contributed by atoms with Crippen LogP contribution >= 0.6 is 0 Å². The van der Waals surface area contributed by atoms with E-state index >= 15 is 0 Å². The molecular formula is C15H17N3O3. The minimum absolute atomic E-state index is 0.363. The van der Waals surface area contributed by atoms with Crippen molar-refractivity contribution in [3.8, 4) is 6.07 Å². The highest BCUT2D eigenvalue weighted by molar-refractivity contribution is 5.92. The van der Waals surface area contributed by atoms with Gasteiger partial charge >= 0.3 is 12.0 Å².